The fourth-order valence-electron chi connectivity index (χ4n) is 3.42. The van der Waals surface area contributed by atoms with Crippen molar-refractivity contribution in [3.63, 3.8) is 0 Å². The Morgan fingerprint density at radius 3 is 2.38 bits per heavy atom. The first-order valence-corrected chi connectivity index (χ1v) is 9.03. The summed E-state index contributed by atoms with van der Waals surface area (Å²) in [5.74, 6) is -1.65. The van der Waals surface area contributed by atoms with Gasteiger partial charge in [0.25, 0.3) is 5.56 Å². The standard InChI is InChI=1S/C19H24F2N4O/c1-12(16-14(20)8-7-9-15(16)21)17-13(2)18(26)23-19(22-17)24-25-10-5-3-4-6-11-25/h7-9,12H,3-6,10-11H2,1-2H3,(H2,22,23,24,26). The van der Waals surface area contributed by atoms with Gasteiger partial charge in [-0.1, -0.05) is 25.8 Å². The number of hydrazine groups is 1. The van der Waals surface area contributed by atoms with Crippen molar-refractivity contribution < 1.29 is 8.78 Å². The summed E-state index contributed by atoms with van der Waals surface area (Å²) >= 11 is 0. The first kappa shape index (κ1) is 18.5. The lowest BCUT2D eigenvalue weighted by molar-refractivity contribution is 0.340. The normalized spacial score (nSPS) is 16.9. The van der Waals surface area contributed by atoms with E-state index < -0.39 is 17.6 Å². The lowest BCUT2D eigenvalue weighted by atomic mass is 9.94. The Kier molecular flexibility index (Phi) is 5.66. The molecule has 1 aromatic carbocycles. The summed E-state index contributed by atoms with van der Waals surface area (Å²) < 4.78 is 28.3. The van der Waals surface area contributed by atoms with Crippen LogP contribution in [0.4, 0.5) is 14.7 Å². The average Bonchev–Trinajstić information content (AvgIpc) is 2.86. The van der Waals surface area contributed by atoms with E-state index in [2.05, 4.69) is 15.4 Å². The van der Waals surface area contributed by atoms with Crippen molar-refractivity contribution in [1.29, 1.82) is 0 Å². The predicted molar refractivity (Wildman–Crippen MR) is 97.1 cm³/mol. The van der Waals surface area contributed by atoms with Crippen LogP contribution < -0.4 is 11.0 Å². The Labute approximate surface area is 151 Å². The number of rotatable bonds is 4. The van der Waals surface area contributed by atoms with E-state index in [0.717, 1.165) is 25.9 Å². The molecule has 3 rings (SSSR count). The van der Waals surface area contributed by atoms with Crippen molar-refractivity contribution in [2.75, 3.05) is 18.5 Å². The van der Waals surface area contributed by atoms with Gasteiger partial charge in [-0.25, -0.2) is 18.8 Å². The van der Waals surface area contributed by atoms with Crippen molar-refractivity contribution in [2.24, 2.45) is 0 Å². The van der Waals surface area contributed by atoms with Gasteiger partial charge in [-0.05, 0) is 31.9 Å². The third kappa shape index (κ3) is 3.93. The van der Waals surface area contributed by atoms with Crippen LogP contribution in [0.15, 0.2) is 23.0 Å². The molecule has 26 heavy (non-hydrogen) atoms. The van der Waals surface area contributed by atoms with Gasteiger partial charge in [-0.15, -0.1) is 0 Å². The molecule has 0 amide bonds. The van der Waals surface area contributed by atoms with E-state index in [-0.39, 0.29) is 11.1 Å². The second-order valence-corrected chi connectivity index (χ2v) is 6.79. The molecule has 1 aliphatic rings. The maximum Gasteiger partial charge on any atom is 0.255 e. The smallest absolute Gasteiger partial charge is 0.255 e. The van der Waals surface area contributed by atoms with Gasteiger partial charge in [0.2, 0.25) is 5.95 Å². The molecule has 2 N–H and O–H groups in total. The van der Waals surface area contributed by atoms with Crippen LogP contribution in [-0.4, -0.2) is 28.1 Å². The molecule has 5 nitrogen and oxygen atoms in total. The number of aromatic nitrogens is 2. The predicted octanol–water partition coefficient (Wildman–Crippen LogP) is 3.71. The minimum absolute atomic E-state index is 0.0746. The first-order valence-electron chi connectivity index (χ1n) is 9.03. The molecule has 1 unspecified atom stereocenters. The third-order valence-electron chi connectivity index (χ3n) is 4.90. The van der Waals surface area contributed by atoms with Crippen molar-refractivity contribution >= 4 is 5.95 Å². The molecule has 1 saturated heterocycles. The lowest BCUT2D eigenvalue weighted by Crippen LogP contribution is -2.33. The number of benzene rings is 1. The van der Waals surface area contributed by atoms with E-state index in [0.29, 0.717) is 17.2 Å². The summed E-state index contributed by atoms with van der Waals surface area (Å²) in [6.07, 6.45) is 4.52. The molecule has 2 heterocycles. The zero-order valence-corrected chi connectivity index (χ0v) is 15.1. The summed E-state index contributed by atoms with van der Waals surface area (Å²) in [6.45, 7) is 5.01. The van der Waals surface area contributed by atoms with Gasteiger partial charge < -0.3 is 0 Å². The van der Waals surface area contributed by atoms with E-state index in [1.165, 1.54) is 31.0 Å². The highest BCUT2D eigenvalue weighted by Gasteiger charge is 2.23. The van der Waals surface area contributed by atoms with Crippen LogP contribution in [0.5, 0.6) is 0 Å². The van der Waals surface area contributed by atoms with E-state index in [1.54, 1.807) is 13.8 Å². The number of hydrogen-bond donors (Lipinski definition) is 2. The third-order valence-corrected chi connectivity index (χ3v) is 4.90. The fraction of sp³-hybridized carbons (Fsp3) is 0.474. The van der Waals surface area contributed by atoms with Gasteiger partial charge in [0, 0.05) is 30.1 Å². The molecule has 0 saturated carbocycles. The Balaban J connectivity index is 1.94. The number of anilines is 1. The highest BCUT2D eigenvalue weighted by atomic mass is 19.1. The van der Waals surface area contributed by atoms with Crippen LogP contribution >= 0.6 is 0 Å². The Hall–Kier alpha value is -2.28. The minimum atomic E-state index is -0.678. The molecular weight excluding hydrogens is 338 g/mol. The van der Waals surface area contributed by atoms with Crippen molar-refractivity contribution in [1.82, 2.24) is 15.0 Å². The highest BCUT2D eigenvalue weighted by molar-refractivity contribution is 5.37. The van der Waals surface area contributed by atoms with Crippen LogP contribution in [0.1, 0.15) is 55.3 Å². The van der Waals surface area contributed by atoms with E-state index in [9.17, 15) is 13.6 Å². The summed E-state index contributed by atoms with van der Waals surface area (Å²) in [5, 5.41) is 2.03. The van der Waals surface area contributed by atoms with Crippen molar-refractivity contribution in [3.8, 4) is 0 Å². The molecule has 1 aromatic heterocycles. The van der Waals surface area contributed by atoms with E-state index >= 15 is 0 Å². The Bertz CT molecular complexity index is 809. The number of halogens is 2. The number of H-pyrrole nitrogens is 1. The molecule has 1 atom stereocenters. The summed E-state index contributed by atoms with van der Waals surface area (Å²) in [4.78, 5) is 19.5. The first-order chi connectivity index (χ1) is 12.5. The molecule has 1 aliphatic heterocycles. The van der Waals surface area contributed by atoms with Crippen LogP contribution in [0.25, 0.3) is 0 Å². The van der Waals surface area contributed by atoms with Crippen LogP contribution in [-0.2, 0) is 0 Å². The summed E-state index contributed by atoms with van der Waals surface area (Å²) in [6, 6.07) is 3.76. The quantitative estimate of drug-likeness (QED) is 0.870. The molecule has 7 heteroatoms. The largest absolute Gasteiger partial charge is 0.291 e. The lowest BCUT2D eigenvalue weighted by Gasteiger charge is -2.22. The van der Waals surface area contributed by atoms with E-state index in [4.69, 9.17) is 0 Å². The molecule has 2 aromatic rings. The minimum Gasteiger partial charge on any atom is -0.291 e. The monoisotopic (exact) mass is 362 g/mol. The van der Waals surface area contributed by atoms with Crippen LogP contribution in [0.3, 0.4) is 0 Å². The second kappa shape index (κ2) is 7.95. The van der Waals surface area contributed by atoms with Gasteiger partial charge >= 0.3 is 0 Å². The molecule has 0 bridgehead atoms. The molecule has 140 valence electrons. The van der Waals surface area contributed by atoms with E-state index in [1.807, 2.05) is 5.01 Å². The fourth-order valence-corrected chi connectivity index (χ4v) is 3.42. The Morgan fingerprint density at radius 1 is 1.15 bits per heavy atom. The van der Waals surface area contributed by atoms with Crippen molar-refractivity contribution in [2.45, 2.75) is 45.4 Å². The molecule has 1 fully saturated rings. The number of nitrogens with one attached hydrogen (secondary N) is 2. The maximum atomic E-state index is 14.2. The highest BCUT2D eigenvalue weighted by Crippen LogP contribution is 2.28. The molecule has 0 spiro atoms. The number of hydrogen-bond acceptors (Lipinski definition) is 4. The van der Waals surface area contributed by atoms with Crippen LogP contribution in [0, 0.1) is 18.6 Å². The zero-order valence-electron chi connectivity index (χ0n) is 15.1. The van der Waals surface area contributed by atoms with Gasteiger partial charge in [0.1, 0.15) is 11.6 Å². The second-order valence-electron chi connectivity index (χ2n) is 6.79. The van der Waals surface area contributed by atoms with Crippen molar-refractivity contribution in [3.05, 3.63) is 57.0 Å². The SMILES string of the molecule is Cc1c(C(C)c2c(F)cccc2F)nc(NN2CCCCCC2)[nH]c1=O. The molecule has 0 aliphatic carbocycles. The number of aromatic amines is 1. The summed E-state index contributed by atoms with van der Waals surface area (Å²) in [5.41, 5.74) is 3.49. The topological polar surface area (TPSA) is 61.0 Å². The van der Waals surface area contributed by atoms with Gasteiger partial charge in [0.15, 0.2) is 0 Å². The zero-order chi connectivity index (χ0) is 18.7. The van der Waals surface area contributed by atoms with Gasteiger partial charge in [-0.3, -0.25) is 15.2 Å². The number of nitrogens with zero attached hydrogens (tertiary/aromatic N) is 2. The van der Waals surface area contributed by atoms with Gasteiger partial charge in [0.05, 0.1) is 5.69 Å². The maximum absolute atomic E-state index is 14.2. The average molecular weight is 362 g/mol. The Morgan fingerprint density at radius 2 is 1.77 bits per heavy atom. The molecular formula is C19H24F2N4O. The van der Waals surface area contributed by atoms with Gasteiger partial charge in [-0.2, -0.15) is 0 Å². The molecule has 0 radical (unpaired) electrons. The van der Waals surface area contributed by atoms with Crippen LogP contribution in [0.2, 0.25) is 0 Å². The summed E-state index contributed by atoms with van der Waals surface area (Å²) in [7, 11) is 0.